The molecule has 0 atom stereocenters. The fourth-order valence-electron chi connectivity index (χ4n) is 3.58. The Morgan fingerprint density at radius 1 is 0.967 bits per heavy atom. The third kappa shape index (κ3) is 5.32. The molecule has 1 aliphatic rings. The third-order valence-corrected chi connectivity index (χ3v) is 5.31. The molecule has 6 heteroatoms. The highest BCUT2D eigenvalue weighted by Gasteiger charge is 2.30. The van der Waals surface area contributed by atoms with Crippen molar-refractivity contribution >= 4 is 12.0 Å². The minimum Gasteiger partial charge on any atom is -0.508 e. The van der Waals surface area contributed by atoms with Gasteiger partial charge in [0.15, 0.2) is 0 Å². The monoisotopic (exact) mass is 410 g/mol. The molecule has 1 N–H and O–H groups in total. The number of amides is 2. The maximum atomic E-state index is 12.9. The molecule has 6 nitrogen and oxygen atoms in total. The van der Waals surface area contributed by atoms with Crippen molar-refractivity contribution in [2.75, 3.05) is 20.1 Å². The maximum Gasteiger partial charge on any atom is 0.410 e. The molecule has 1 fully saturated rings. The van der Waals surface area contributed by atoms with Gasteiger partial charge in [-0.1, -0.05) is 24.3 Å². The summed E-state index contributed by atoms with van der Waals surface area (Å²) in [5, 5.41) is 9.42. The highest BCUT2D eigenvalue weighted by atomic mass is 16.6. The van der Waals surface area contributed by atoms with E-state index in [9.17, 15) is 14.7 Å². The zero-order valence-electron chi connectivity index (χ0n) is 18.1. The summed E-state index contributed by atoms with van der Waals surface area (Å²) >= 11 is 0. The van der Waals surface area contributed by atoms with Crippen LogP contribution < -0.4 is 0 Å². The average molecular weight is 411 g/mol. The van der Waals surface area contributed by atoms with Crippen LogP contribution in [0.15, 0.2) is 48.5 Å². The Morgan fingerprint density at radius 2 is 1.47 bits per heavy atom. The summed E-state index contributed by atoms with van der Waals surface area (Å²) in [6.07, 6.45) is 1.14. The molecule has 0 radical (unpaired) electrons. The minimum absolute atomic E-state index is 0.00521. The summed E-state index contributed by atoms with van der Waals surface area (Å²) < 4.78 is 5.44. The average Bonchev–Trinajstić information content (AvgIpc) is 2.72. The molecule has 0 saturated carbocycles. The van der Waals surface area contributed by atoms with Crippen molar-refractivity contribution in [2.24, 2.45) is 0 Å². The van der Waals surface area contributed by atoms with Crippen LogP contribution in [0.2, 0.25) is 0 Å². The number of nitrogens with zero attached hydrogens (tertiary/aromatic N) is 2. The molecule has 0 bridgehead atoms. The van der Waals surface area contributed by atoms with Gasteiger partial charge in [0.05, 0.1) is 0 Å². The van der Waals surface area contributed by atoms with Gasteiger partial charge < -0.3 is 19.6 Å². The summed E-state index contributed by atoms with van der Waals surface area (Å²) in [6.45, 7) is 6.78. The van der Waals surface area contributed by atoms with Crippen molar-refractivity contribution in [2.45, 2.75) is 45.3 Å². The second-order valence-electron chi connectivity index (χ2n) is 8.74. The van der Waals surface area contributed by atoms with Gasteiger partial charge in [0.2, 0.25) is 0 Å². The van der Waals surface area contributed by atoms with Crippen molar-refractivity contribution in [3.05, 3.63) is 54.1 Å². The Bertz CT molecular complexity index is 877. The largest absolute Gasteiger partial charge is 0.508 e. The molecular formula is C24H30N2O4. The third-order valence-electron chi connectivity index (χ3n) is 5.31. The Balaban J connectivity index is 1.57. The SMILES string of the molecule is CN(C(=O)OC(C)(C)C)C1CCN(C(=O)c2ccc(-c3ccc(O)cc3)cc2)CC1. The van der Waals surface area contributed by atoms with Crippen LogP contribution >= 0.6 is 0 Å². The molecule has 0 unspecified atom stereocenters. The molecule has 3 rings (SSSR count). The Morgan fingerprint density at radius 3 is 1.97 bits per heavy atom. The second kappa shape index (κ2) is 8.78. The van der Waals surface area contributed by atoms with Crippen LogP contribution in [0.3, 0.4) is 0 Å². The van der Waals surface area contributed by atoms with Crippen LogP contribution in [0.4, 0.5) is 4.79 Å². The summed E-state index contributed by atoms with van der Waals surface area (Å²) in [5.74, 6) is 0.233. The number of phenols is 1. The van der Waals surface area contributed by atoms with Gasteiger partial charge in [-0.3, -0.25) is 4.79 Å². The predicted octanol–water partition coefficient (Wildman–Crippen LogP) is 4.53. The zero-order valence-corrected chi connectivity index (χ0v) is 18.1. The molecule has 1 heterocycles. The summed E-state index contributed by atoms with van der Waals surface area (Å²) in [6, 6.07) is 14.6. The topological polar surface area (TPSA) is 70.1 Å². The van der Waals surface area contributed by atoms with Gasteiger partial charge >= 0.3 is 6.09 Å². The smallest absolute Gasteiger partial charge is 0.410 e. The van der Waals surface area contributed by atoms with Crippen LogP contribution in [0.5, 0.6) is 5.75 Å². The van der Waals surface area contributed by atoms with Crippen molar-refractivity contribution in [1.29, 1.82) is 0 Å². The van der Waals surface area contributed by atoms with E-state index < -0.39 is 5.60 Å². The molecule has 2 amide bonds. The number of hydrogen-bond donors (Lipinski definition) is 1. The van der Waals surface area contributed by atoms with Gasteiger partial charge in [-0.05, 0) is 69.0 Å². The highest BCUT2D eigenvalue weighted by Crippen LogP contribution is 2.24. The number of rotatable bonds is 3. The summed E-state index contributed by atoms with van der Waals surface area (Å²) in [5.41, 5.74) is 2.10. The lowest BCUT2D eigenvalue weighted by Gasteiger charge is -2.37. The van der Waals surface area contributed by atoms with Gasteiger partial charge in [-0.15, -0.1) is 0 Å². The lowest BCUT2D eigenvalue weighted by molar-refractivity contribution is 0.0156. The van der Waals surface area contributed by atoms with E-state index in [2.05, 4.69) is 0 Å². The first kappa shape index (κ1) is 21.7. The molecule has 1 saturated heterocycles. The normalized spacial score (nSPS) is 15.0. The van der Waals surface area contributed by atoms with E-state index in [0.717, 1.165) is 24.0 Å². The molecule has 2 aromatic carbocycles. The quantitative estimate of drug-likeness (QED) is 0.807. The highest BCUT2D eigenvalue weighted by molar-refractivity contribution is 5.94. The first-order valence-electron chi connectivity index (χ1n) is 10.3. The maximum absolute atomic E-state index is 12.9. The number of piperidine rings is 1. The van der Waals surface area contributed by atoms with E-state index in [1.807, 2.05) is 62.1 Å². The fourth-order valence-corrected chi connectivity index (χ4v) is 3.58. The Hall–Kier alpha value is -3.02. The number of benzene rings is 2. The molecule has 0 aromatic heterocycles. The molecule has 2 aromatic rings. The van der Waals surface area contributed by atoms with Crippen molar-refractivity contribution in [3.63, 3.8) is 0 Å². The van der Waals surface area contributed by atoms with E-state index in [1.165, 1.54) is 0 Å². The number of aromatic hydroxyl groups is 1. The van der Waals surface area contributed by atoms with Gasteiger partial charge in [-0.2, -0.15) is 0 Å². The van der Waals surface area contributed by atoms with Gasteiger partial charge in [0.1, 0.15) is 11.4 Å². The van der Waals surface area contributed by atoms with Crippen molar-refractivity contribution in [1.82, 2.24) is 9.80 Å². The number of hydrogen-bond acceptors (Lipinski definition) is 4. The second-order valence-corrected chi connectivity index (χ2v) is 8.74. The Labute approximate surface area is 178 Å². The fraction of sp³-hybridized carbons (Fsp3) is 0.417. The van der Waals surface area contributed by atoms with Crippen LogP contribution in [-0.2, 0) is 4.74 Å². The number of likely N-dealkylation sites (tertiary alicyclic amines) is 1. The molecule has 30 heavy (non-hydrogen) atoms. The van der Waals surface area contributed by atoms with E-state index in [0.29, 0.717) is 18.7 Å². The number of carbonyl (C=O) groups is 2. The van der Waals surface area contributed by atoms with Crippen LogP contribution in [0.25, 0.3) is 11.1 Å². The zero-order chi connectivity index (χ0) is 21.9. The number of phenolic OH excluding ortho intramolecular Hbond substituents is 1. The van der Waals surface area contributed by atoms with Crippen LogP contribution in [-0.4, -0.2) is 58.7 Å². The Kier molecular flexibility index (Phi) is 6.34. The summed E-state index contributed by atoms with van der Waals surface area (Å²) in [7, 11) is 1.76. The standard InChI is InChI=1S/C24H30N2O4/c1-24(2,3)30-23(29)25(4)20-13-15-26(16-14-20)22(28)19-7-5-17(6-8-19)18-9-11-21(27)12-10-18/h5-12,20,27H,13-16H2,1-4H3. The lowest BCUT2D eigenvalue weighted by Crippen LogP contribution is -2.48. The van der Waals surface area contributed by atoms with E-state index in [4.69, 9.17) is 4.74 Å². The van der Waals surface area contributed by atoms with Crippen LogP contribution in [0.1, 0.15) is 44.0 Å². The van der Waals surface area contributed by atoms with E-state index >= 15 is 0 Å². The molecule has 0 spiro atoms. The lowest BCUT2D eigenvalue weighted by atomic mass is 10.0. The molecular weight excluding hydrogens is 380 g/mol. The number of ether oxygens (including phenoxy) is 1. The van der Waals surface area contributed by atoms with Gasteiger partial charge in [0, 0.05) is 31.7 Å². The molecule has 160 valence electrons. The minimum atomic E-state index is -0.520. The predicted molar refractivity (Wildman–Crippen MR) is 116 cm³/mol. The van der Waals surface area contributed by atoms with Crippen molar-refractivity contribution in [3.8, 4) is 16.9 Å². The van der Waals surface area contributed by atoms with Crippen LogP contribution in [0, 0.1) is 0 Å². The summed E-state index contributed by atoms with van der Waals surface area (Å²) in [4.78, 5) is 28.6. The van der Waals surface area contributed by atoms with E-state index in [-0.39, 0.29) is 23.8 Å². The van der Waals surface area contributed by atoms with Crippen molar-refractivity contribution < 1.29 is 19.4 Å². The number of carbonyl (C=O) groups excluding carboxylic acids is 2. The first-order valence-corrected chi connectivity index (χ1v) is 10.3. The molecule has 0 aliphatic carbocycles. The van der Waals surface area contributed by atoms with E-state index in [1.54, 1.807) is 24.1 Å². The molecule has 1 aliphatic heterocycles. The van der Waals surface area contributed by atoms with Gasteiger partial charge in [-0.25, -0.2) is 4.79 Å². The first-order chi connectivity index (χ1) is 14.1. The van der Waals surface area contributed by atoms with Gasteiger partial charge in [0.25, 0.3) is 5.91 Å².